The normalized spacial score (nSPS) is 13.3. The molecule has 6 heteroatoms. The molecule has 2 aromatic rings. The summed E-state index contributed by atoms with van der Waals surface area (Å²) in [7, 11) is 1.61. The summed E-state index contributed by atoms with van der Waals surface area (Å²) in [6.07, 6.45) is 0. The van der Waals surface area contributed by atoms with Gasteiger partial charge in [-0.3, -0.25) is 0 Å². The van der Waals surface area contributed by atoms with E-state index in [2.05, 4.69) is 10.6 Å². The van der Waals surface area contributed by atoms with Gasteiger partial charge in [-0.15, -0.1) is 11.3 Å². The van der Waals surface area contributed by atoms with E-state index in [0.717, 1.165) is 16.2 Å². The zero-order valence-electron chi connectivity index (χ0n) is 12.8. The van der Waals surface area contributed by atoms with Crippen LogP contribution >= 0.6 is 11.3 Å². The third-order valence-corrected chi connectivity index (χ3v) is 4.42. The quantitative estimate of drug-likeness (QED) is 0.793. The van der Waals surface area contributed by atoms with Gasteiger partial charge in [0.2, 0.25) is 0 Å². The van der Waals surface area contributed by atoms with Crippen LogP contribution in [0, 0.1) is 6.92 Å². The first-order chi connectivity index (χ1) is 10.4. The molecule has 0 radical (unpaired) electrons. The number of rotatable bonds is 5. The van der Waals surface area contributed by atoms with Gasteiger partial charge in [-0.05, 0) is 49.1 Å². The van der Waals surface area contributed by atoms with Crippen molar-refractivity contribution in [2.24, 2.45) is 0 Å². The summed E-state index contributed by atoms with van der Waals surface area (Å²) in [5, 5.41) is 17.7. The minimum atomic E-state index is -1.08. The molecule has 1 aromatic heterocycles. The first-order valence-corrected chi connectivity index (χ1v) is 7.76. The highest BCUT2D eigenvalue weighted by Gasteiger charge is 2.24. The van der Waals surface area contributed by atoms with Crippen molar-refractivity contribution >= 4 is 23.1 Å². The molecule has 118 valence electrons. The summed E-state index contributed by atoms with van der Waals surface area (Å²) in [5.74, 6) is 0.770. The zero-order chi connectivity index (χ0) is 16.2. The van der Waals surface area contributed by atoms with Gasteiger partial charge in [-0.1, -0.05) is 6.07 Å². The summed E-state index contributed by atoms with van der Waals surface area (Å²) >= 11 is 1.46. The monoisotopic (exact) mass is 320 g/mol. The minimum Gasteiger partial charge on any atom is -0.496 e. The van der Waals surface area contributed by atoms with Crippen molar-refractivity contribution in [1.29, 1.82) is 0 Å². The van der Waals surface area contributed by atoms with Crippen LogP contribution in [0.25, 0.3) is 0 Å². The lowest BCUT2D eigenvalue weighted by molar-refractivity contribution is 0.0637. The number of hydrogen-bond donors (Lipinski definition) is 3. The van der Waals surface area contributed by atoms with E-state index in [1.165, 1.54) is 11.3 Å². The van der Waals surface area contributed by atoms with E-state index in [4.69, 9.17) is 4.74 Å². The van der Waals surface area contributed by atoms with Crippen LogP contribution in [-0.2, 0) is 5.60 Å². The Hall–Kier alpha value is -2.05. The smallest absolute Gasteiger partial charge is 0.319 e. The maximum absolute atomic E-state index is 11.9. The van der Waals surface area contributed by atoms with Crippen LogP contribution in [-0.4, -0.2) is 24.8 Å². The topological polar surface area (TPSA) is 70.6 Å². The van der Waals surface area contributed by atoms with E-state index in [0.29, 0.717) is 5.69 Å². The summed E-state index contributed by atoms with van der Waals surface area (Å²) in [4.78, 5) is 12.7. The Morgan fingerprint density at radius 1 is 1.41 bits per heavy atom. The number of carbonyl (C=O) groups excluding carboxylic acids is 1. The molecule has 2 amide bonds. The van der Waals surface area contributed by atoms with Crippen LogP contribution in [0.1, 0.15) is 17.4 Å². The number of thiophene rings is 1. The molecule has 0 bridgehead atoms. The van der Waals surface area contributed by atoms with Crippen LogP contribution < -0.4 is 15.4 Å². The van der Waals surface area contributed by atoms with Crippen LogP contribution in [0.2, 0.25) is 0 Å². The molecule has 3 N–H and O–H groups in total. The van der Waals surface area contributed by atoms with Gasteiger partial charge < -0.3 is 20.5 Å². The van der Waals surface area contributed by atoms with Crippen LogP contribution in [0.3, 0.4) is 0 Å². The largest absolute Gasteiger partial charge is 0.496 e. The molecule has 1 heterocycles. The Morgan fingerprint density at radius 2 is 2.18 bits per heavy atom. The Kier molecular flexibility index (Phi) is 5.05. The van der Waals surface area contributed by atoms with Crippen LogP contribution in [0.5, 0.6) is 5.75 Å². The van der Waals surface area contributed by atoms with Gasteiger partial charge in [-0.2, -0.15) is 0 Å². The van der Waals surface area contributed by atoms with E-state index in [1.54, 1.807) is 26.2 Å². The number of nitrogens with one attached hydrogen (secondary N) is 2. The SMILES string of the molecule is COc1ccc(NC(=O)NCC(C)(O)c2cccs2)cc1C. The molecule has 1 unspecified atom stereocenters. The second kappa shape index (κ2) is 6.81. The first-order valence-electron chi connectivity index (χ1n) is 6.88. The van der Waals surface area contributed by atoms with E-state index in [9.17, 15) is 9.90 Å². The van der Waals surface area contributed by atoms with E-state index >= 15 is 0 Å². The van der Waals surface area contributed by atoms with Crippen LogP contribution in [0.15, 0.2) is 35.7 Å². The standard InChI is InChI=1S/C16H20N2O3S/c1-11-9-12(6-7-13(11)21-3)18-15(19)17-10-16(2,20)14-5-4-8-22-14/h4-9,20H,10H2,1-3H3,(H2,17,18,19). The second-order valence-electron chi connectivity index (χ2n) is 5.24. The summed E-state index contributed by atoms with van der Waals surface area (Å²) in [5.41, 5.74) is 0.527. The fraction of sp³-hybridized carbons (Fsp3) is 0.312. The number of aliphatic hydroxyl groups is 1. The van der Waals surface area contributed by atoms with E-state index < -0.39 is 5.60 Å². The van der Waals surface area contributed by atoms with Gasteiger partial charge in [0, 0.05) is 10.6 Å². The molecule has 2 rings (SSSR count). The summed E-state index contributed by atoms with van der Waals surface area (Å²) in [6.45, 7) is 3.72. The van der Waals surface area contributed by atoms with Gasteiger partial charge in [0.15, 0.2) is 0 Å². The lowest BCUT2D eigenvalue weighted by atomic mass is 10.1. The summed E-state index contributed by atoms with van der Waals surface area (Å²) < 4.78 is 5.18. The second-order valence-corrected chi connectivity index (χ2v) is 6.19. The minimum absolute atomic E-state index is 0.133. The van der Waals surface area contributed by atoms with E-state index in [-0.39, 0.29) is 12.6 Å². The molecule has 0 fully saturated rings. The third-order valence-electron chi connectivity index (χ3n) is 3.30. The number of aryl methyl sites for hydroxylation is 1. The number of methoxy groups -OCH3 is 1. The average molecular weight is 320 g/mol. The lowest BCUT2D eigenvalue weighted by Crippen LogP contribution is -2.40. The van der Waals surface area contributed by atoms with Crippen molar-refractivity contribution in [2.75, 3.05) is 19.0 Å². The molecule has 22 heavy (non-hydrogen) atoms. The molecule has 0 saturated carbocycles. The van der Waals surface area contributed by atoms with Crippen LogP contribution in [0.4, 0.5) is 10.5 Å². The highest BCUT2D eigenvalue weighted by Crippen LogP contribution is 2.24. The van der Waals surface area contributed by atoms with Gasteiger partial charge >= 0.3 is 6.03 Å². The molecule has 0 saturated heterocycles. The Morgan fingerprint density at radius 3 is 2.77 bits per heavy atom. The molecular formula is C16H20N2O3S. The van der Waals surface area contributed by atoms with Gasteiger partial charge in [-0.25, -0.2) is 4.79 Å². The zero-order valence-corrected chi connectivity index (χ0v) is 13.7. The first kappa shape index (κ1) is 16.3. The van der Waals surface area contributed by atoms with Crippen molar-refractivity contribution in [3.05, 3.63) is 46.2 Å². The number of benzene rings is 1. The molecule has 5 nitrogen and oxygen atoms in total. The van der Waals surface area contributed by atoms with Crippen molar-refractivity contribution in [3.63, 3.8) is 0 Å². The predicted octanol–water partition coefficient (Wildman–Crippen LogP) is 3.09. The predicted molar refractivity (Wildman–Crippen MR) is 88.6 cm³/mol. The molecule has 0 aliphatic heterocycles. The number of carbonyl (C=O) groups is 1. The lowest BCUT2D eigenvalue weighted by Gasteiger charge is -2.22. The fourth-order valence-corrected chi connectivity index (χ4v) is 2.84. The maximum Gasteiger partial charge on any atom is 0.319 e. The number of anilines is 1. The third kappa shape index (κ3) is 3.99. The Balaban J connectivity index is 1.92. The van der Waals surface area contributed by atoms with E-state index in [1.807, 2.05) is 30.5 Å². The molecular weight excluding hydrogens is 300 g/mol. The Bertz CT molecular complexity index is 639. The molecule has 1 aromatic carbocycles. The van der Waals surface area contributed by atoms with Crippen molar-refractivity contribution < 1.29 is 14.6 Å². The maximum atomic E-state index is 11.9. The number of amides is 2. The highest BCUT2D eigenvalue weighted by molar-refractivity contribution is 7.10. The molecule has 0 aliphatic rings. The number of urea groups is 1. The highest BCUT2D eigenvalue weighted by atomic mass is 32.1. The molecule has 1 atom stereocenters. The van der Waals surface area contributed by atoms with Crippen molar-refractivity contribution in [1.82, 2.24) is 5.32 Å². The summed E-state index contributed by atoms with van der Waals surface area (Å²) in [6, 6.07) is 8.75. The van der Waals surface area contributed by atoms with Gasteiger partial charge in [0.25, 0.3) is 0 Å². The Labute approximate surface area is 133 Å². The van der Waals surface area contributed by atoms with Crippen molar-refractivity contribution in [2.45, 2.75) is 19.4 Å². The number of ether oxygens (including phenoxy) is 1. The van der Waals surface area contributed by atoms with Crippen molar-refractivity contribution in [3.8, 4) is 5.75 Å². The molecule has 0 spiro atoms. The average Bonchev–Trinajstić information content (AvgIpc) is 3.00. The molecule has 0 aliphatic carbocycles. The van der Waals surface area contributed by atoms with Gasteiger partial charge in [0.1, 0.15) is 11.4 Å². The fourth-order valence-electron chi connectivity index (χ4n) is 2.06. The number of hydrogen-bond acceptors (Lipinski definition) is 4. The van der Waals surface area contributed by atoms with Gasteiger partial charge in [0.05, 0.1) is 13.7 Å².